The number of hydrogen-bond donors (Lipinski definition) is 0. The van der Waals surface area contributed by atoms with Gasteiger partial charge in [-0.2, -0.15) is 0 Å². The highest BCUT2D eigenvalue weighted by Crippen LogP contribution is 2.39. The zero-order valence-electron chi connectivity index (χ0n) is 35.9. The van der Waals surface area contributed by atoms with E-state index in [0.29, 0.717) is 17.5 Å². The lowest BCUT2D eigenvalue weighted by Gasteiger charge is -2.14. The quantitative estimate of drug-likeness (QED) is 0.143. The van der Waals surface area contributed by atoms with Gasteiger partial charge in [0.05, 0.1) is 11.2 Å². The Bertz CT molecular complexity index is 3600. The Balaban J connectivity index is 0.939. The van der Waals surface area contributed by atoms with Gasteiger partial charge in [-0.3, -0.25) is 0 Å². The van der Waals surface area contributed by atoms with Gasteiger partial charge in [-0.25, -0.2) is 19.9 Å². The first-order chi connectivity index (χ1) is 32.7. The summed E-state index contributed by atoms with van der Waals surface area (Å²) in [4.78, 5) is 20.8. The fourth-order valence-corrected chi connectivity index (χ4v) is 9.21. The summed E-state index contributed by atoms with van der Waals surface area (Å²) in [5.41, 5.74) is 15.0. The van der Waals surface area contributed by atoms with Gasteiger partial charge in [-0.15, -0.1) is 0 Å². The summed E-state index contributed by atoms with van der Waals surface area (Å²) in [5.74, 6) is 1.87. The molecule has 0 N–H and O–H groups in total. The molecule has 0 saturated carbocycles. The molecule has 0 atom stereocenters. The lowest BCUT2D eigenvalue weighted by Crippen LogP contribution is -2.01. The normalized spacial score (nSPS) is 11.3. The summed E-state index contributed by atoms with van der Waals surface area (Å²) < 4.78 is 0. The van der Waals surface area contributed by atoms with E-state index < -0.39 is 0 Å². The Morgan fingerprint density at radius 2 is 0.636 bits per heavy atom. The van der Waals surface area contributed by atoms with Crippen molar-refractivity contribution in [2.75, 3.05) is 0 Å². The van der Waals surface area contributed by atoms with Crippen molar-refractivity contribution in [3.8, 4) is 89.9 Å². The molecular formula is C62H40N4. The molecule has 2 aromatic heterocycles. The molecule has 0 unspecified atom stereocenters. The molecule has 0 aliphatic rings. The second-order valence-corrected chi connectivity index (χ2v) is 16.6. The summed E-state index contributed by atoms with van der Waals surface area (Å²) >= 11 is 0. The van der Waals surface area contributed by atoms with Gasteiger partial charge in [0.15, 0.2) is 17.5 Å². The average Bonchev–Trinajstić information content (AvgIpc) is 3.41. The third-order valence-corrected chi connectivity index (χ3v) is 12.6. The molecule has 66 heavy (non-hydrogen) atoms. The van der Waals surface area contributed by atoms with Crippen molar-refractivity contribution < 1.29 is 0 Å². The SMILES string of the molecule is c1ccc(-c2ccc(-c3nc(-c4ccc(-c5ccccc5)cc4)nc(-c4ccc(-c5ccc(-c6cc(-c7ccccc7)c7c(ccc8ccccc87)n6)cc5)c5ccccc45)n3)cc2)cc1. The Kier molecular flexibility index (Phi) is 9.81. The molecule has 0 bridgehead atoms. The number of pyridine rings is 1. The predicted octanol–water partition coefficient (Wildman–Crippen LogP) is 16.1. The third kappa shape index (κ3) is 7.27. The van der Waals surface area contributed by atoms with Crippen LogP contribution in [-0.4, -0.2) is 19.9 Å². The lowest BCUT2D eigenvalue weighted by molar-refractivity contribution is 1.08. The number of aromatic nitrogens is 4. The first kappa shape index (κ1) is 38.8. The first-order valence-electron chi connectivity index (χ1n) is 22.3. The molecule has 2 heterocycles. The van der Waals surface area contributed by atoms with Gasteiger partial charge in [0, 0.05) is 27.6 Å². The van der Waals surface area contributed by atoms with E-state index in [-0.39, 0.29) is 0 Å². The van der Waals surface area contributed by atoms with Gasteiger partial charge in [0.25, 0.3) is 0 Å². The molecule has 0 amide bonds. The summed E-state index contributed by atoms with van der Waals surface area (Å²) in [6, 6.07) is 85.3. The summed E-state index contributed by atoms with van der Waals surface area (Å²) in [7, 11) is 0. The molecule has 0 saturated heterocycles. The highest BCUT2D eigenvalue weighted by Gasteiger charge is 2.18. The second kappa shape index (κ2) is 16.7. The minimum absolute atomic E-state index is 0.622. The number of fused-ring (bicyclic) bond motifs is 4. The maximum atomic E-state index is 5.25. The minimum atomic E-state index is 0.622. The Hall–Kier alpha value is -8.86. The van der Waals surface area contributed by atoms with Gasteiger partial charge in [-0.05, 0) is 84.3 Å². The molecule has 308 valence electrons. The van der Waals surface area contributed by atoms with E-state index >= 15 is 0 Å². The molecule has 12 rings (SSSR count). The summed E-state index contributed by atoms with van der Waals surface area (Å²) in [6.07, 6.45) is 0. The van der Waals surface area contributed by atoms with E-state index in [1.165, 1.54) is 27.3 Å². The first-order valence-corrected chi connectivity index (χ1v) is 22.3. The van der Waals surface area contributed by atoms with Crippen LogP contribution in [0.25, 0.3) is 122 Å². The van der Waals surface area contributed by atoms with Gasteiger partial charge in [0.2, 0.25) is 0 Å². The monoisotopic (exact) mass is 840 g/mol. The van der Waals surface area contributed by atoms with E-state index in [1.807, 2.05) is 12.1 Å². The molecule has 10 aromatic carbocycles. The van der Waals surface area contributed by atoms with Crippen LogP contribution < -0.4 is 0 Å². The molecule has 4 nitrogen and oxygen atoms in total. The molecule has 0 spiro atoms. The Labute approximate surface area is 383 Å². The number of benzene rings is 10. The molecule has 0 aliphatic carbocycles. The van der Waals surface area contributed by atoms with Crippen molar-refractivity contribution >= 4 is 32.4 Å². The molecule has 12 aromatic rings. The van der Waals surface area contributed by atoms with Gasteiger partial charge >= 0.3 is 0 Å². The van der Waals surface area contributed by atoms with Crippen LogP contribution in [0.1, 0.15) is 0 Å². The number of hydrogen-bond acceptors (Lipinski definition) is 4. The Morgan fingerprint density at radius 1 is 0.227 bits per heavy atom. The fourth-order valence-electron chi connectivity index (χ4n) is 9.21. The van der Waals surface area contributed by atoms with Crippen LogP contribution in [0.2, 0.25) is 0 Å². The predicted molar refractivity (Wildman–Crippen MR) is 274 cm³/mol. The van der Waals surface area contributed by atoms with Crippen LogP contribution in [0.4, 0.5) is 0 Å². The lowest BCUT2D eigenvalue weighted by atomic mass is 9.93. The van der Waals surface area contributed by atoms with Crippen LogP contribution in [0.3, 0.4) is 0 Å². The third-order valence-electron chi connectivity index (χ3n) is 12.6. The van der Waals surface area contributed by atoms with Gasteiger partial charge < -0.3 is 0 Å². The zero-order valence-corrected chi connectivity index (χ0v) is 35.9. The van der Waals surface area contributed by atoms with Gasteiger partial charge in [0.1, 0.15) is 0 Å². The Morgan fingerprint density at radius 3 is 1.23 bits per heavy atom. The van der Waals surface area contributed by atoms with Crippen LogP contribution in [0.5, 0.6) is 0 Å². The van der Waals surface area contributed by atoms with E-state index in [9.17, 15) is 0 Å². The van der Waals surface area contributed by atoms with E-state index in [1.54, 1.807) is 0 Å². The standard InChI is InChI=1S/C62H40N4/c1-4-14-41(15-5-1)43-24-32-49(33-25-43)60-64-61(50-34-26-44(27-35-50)42-16-6-2-7-17-42)66-62(65-60)55-38-37-51(53-22-12-13-23-54(53)55)47-28-30-48(31-29-47)58-40-56(45-18-8-3-9-19-45)59-52-21-11-10-20-46(52)36-39-57(59)63-58/h1-40H. The number of rotatable bonds is 8. The van der Waals surface area contributed by atoms with Crippen molar-refractivity contribution in [2.24, 2.45) is 0 Å². The van der Waals surface area contributed by atoms with Crippen molar-refractivity contribution in [3.63, 3.8) is 0 Å². The van der Waals surface area contributed by atoms with Crippen LogP contribution in [-0.2, 0) is 0 Å². The molecule has 0 aliphatic heterocycles. The molecular weight excluding hydrogens is 801 g/mol. The molecule has 0 fully saturated rings. The molecule has 0 radical (unpaired) electrons. The highest BCUT2D eigenvalue weighted by molar-refractivity contribution is 6.14. The van der Waals surface area contributed by atoms with Crippen molar-refractivity contribution in [2.45, 2.75) is 0 Å². The second-order valence-electron chi connectivity index (χ2n) is 16.6. The van der Waals surface area contributed by atoms with Crippen molar-refractivity contribution in [1.82, 2.24) is 19.9 Å². The van der Waals surface area contributed by atoms with Crippen LogP contribution >= 0.6 is 0 Å². The maximum absolute atomic E-state index is 5.25. The highest BCUT2D eigenvalue weighted by atomic mass is 15.0. The zero-order chi connectivity index (χ0) is 43.8. The van der Waals surface area contributed by atoms with Crippen LogP contribution in [0, 0.1) is 0 Å². The van der Waals surface area contributed by atoms with Gasteiger partial charge in [-0.1, -0.05) is 224 Å². The topological polar surface area (TPSA) is 51.6 Å². The van der Waals surface area contributed by atoms with E-state index in [0.717, 1.165) is 77.6 Å². The molecule has 4 heteroatoms. The van der Waals surface area contributed by atoms with Crippen LogP contribution in [0.15, 0.2) is 243 Å². The largest absolute Gasteiger partial charge is 0.248 e. The smallest absolute Gasteiger partial charge is 0.164 e. The van der Waals surface area contributed by atoms with E-state index in [2.05, 4.69) is 231 Å². The van der Waals surface area contributed by atoms with E-state index in [4.69, 9.17) is 19.9 Å². The minimum Gasteiger partial charge on any atom is -0.248 e. The summed E-state index contributed by atoms with van der Waals surface area (Å²) in [5, 5.41) is 5.77. The number of nitrogens with zero attached hydrogens (tertiary/aromatic N) is 4. The van der Waals surface area contributed by atoms with Crippen molar-refractivity contribution in [1.29, 1.82) is 0 Å². The fraction of sp³-hybridized carbons (Fsp3) is 0. The maximum Gasteiger partial charge on any atom is 0.164 e. The summed E-state index contributed by atoms with van der Waals surface area (Å²) in [6.45, 7) is 0. The van der Waals surface area contributed by atoms with Crippen molar-refractivity contribution in [3.05, 3.63) is 243 Å². The average molecular weight is 841 g/mol.